The van der Waals surface area contributed by atoms with E-state index in [1.165, 1.54) is 0 Å². The van der Waals surface area contributed by atoms with E-state index >= 15 is 0 Å². The molecule has 1 heterocycles. The van der Waals surface area contributed by atoms with E-state index in [1.807, 2.05) is 0 Å². The van der Waals surface area contributed by atoms with Gasteiger partial charge < -0.3 is 9.80 Å². The second-order valence-electron chi connectivity index (χ2n) is 3.36. The molecule has 1 saturated heterocycles. The van der Waals surface area contributed by atoms with Gasteiger partial charge in [-0.2, -0.15) is 0 Å². The minimum atomic E-state index is -0.190. The summed E-state index contributed by atoms with van der Waals surface area (Å²) in [5, 5.41) is 0. The first-order chi connectivity index (χ1) is 6.65. The maximum absolute atomic E-state index is 11.4. The smallest absolute Gasteiger partial charge is 0.319 e. The Balaban J connectivity index is 2.19. The molecule has 0 aliphatic carbocycles. The van der Waals surface area contributed by atoms with E-state index in [0.29, 0.717) is 19.4 Å². The highest BCUT2D eigenvalue weighted by Crippen LogP contribution is 2.06. The summed E-state index contributed by atoms with van der Waals surface area (Å²) in [6.07, 6.45) is 1.02. The van der Waals surface area contributed by atoms with Gasteiger partial charge in [-0.15, -0.1) is 0 Å². The van der Waals surface area contributed by atoms with Gasteiger partial charge in [0.1, 0.15) is 0 Å². The lowest BCUT2D eigenvalue weighted by atomic mass is 10.3. The fourth-order valence-corrected chi connectivity index (χ4v) is 1.41. The summed E-state index contributed by atoms with van der Waals surface area (Å²) in [6.45, 7) is 2.14. The number of hydrazine groups is 1. The minimum Gasteiger partial charge on any atom is -0.326 e. The summed E-state index contributed by atoms with van der Waals surface area (Å²) in [5.41, 5.74) is 2.06. The van der Waals surface area contributed by atoms with Gasteiger partial charge in [0.15, 0.2) is 0 Å². The van der Waals surface area contributed by atoms with Crippen LogP contribution in [0, 0.1) is 0 Å². The lowest BCUT2D eigenvalue weighted by molar-refractivity contribution is -0.121. The van der Waals surface area contributed by atoms with E-state index < -0.39 is 0 Å². The summed E-state index contributed by atoms with van der Waals surface area (Å²) >= 11 is 0. The number of nitrogens with two attached hydrogens (primary N) is 1. The number of urea groups is 1. The van der Waals surface area contributed by atoms with E-state index in [0.717, 1.165) is 13.1 Å². The molecule has 0 aromatic rings. The normalized spacial score (nSPS) is 16.3. The SMILES string of the molecule is CN1CCN(CCCC(=O)NN)C1=O. The first-order valence-electron chi connectivity index (χ1n) is 4.64. The average molecular weight is 200 g/mol. The van der Waals surface area contributed by atoms with Crippen LogP contribution in [0.3, 0.4) is 0 Å². The van der Waals surface area contributed by atoms with Crippen LogP contribution in [-0.2, 0) is 4.79 Å². The Morgan fingerprint density at radius 1 is 1.57 bits per heavy atom. The highest BCUT2D eigenvalue weighted by Gasteiger charge is 2.24. The number of nitrogens with one attached hydrogen (secondary N) is 1. The van der Waals surface area contributed by atoms with E-state index in [4.69, 9.17) is 5.84 Å². The Bertz CT molecular complexity index is 231. The Morgan fingerprint density at radius 2 is 2.29 bits per heavy atom. The van der Waals surface area contributed by atoms with Crippen molar-refractivity contribution in [1.29, 1.82) is 0 Å². The van der Waals surface area contributed by atoms with Crippen LogP contribution in [0.5, 0.6) is 0 Å². The van der Waals surface area contributed by atoms with Crippen molar-refractivity contribution in [1.82, 2.24) is 15.2 Å². The van der Waals surface area contributed by atoms with Crippen molar-refractivity contribution in [2.75, 3.05) is 26.7 Å². The summed E-state index contributed by atoms with van der Waals surface area (Å²) in [6, 6.07) is 0.0400. The van der Waals surface area contributed by atoms with Crippen LogP contribution >= 0.6 is 0 Å². The first kappa shape index (κ1) is 10.8. The summed E-state index contributed by atoms with van der Waals surface area (Å²) in [5.74, 6) is 4.74. The third kappa shape index (κ3) is 2.59. The molecule has 14 heavy (non-hydrogen) atoms. The molecule has 3 amide bonds. The monoisotopic (exact) mass is 200 g/mol. The predicted octanol–water partition coefficient (Wildman–Crippen LogP) is -0.876. The van der Waals surface area contributed by atoms with E-state index in [-0.39, 0.29) is 11.9 Å². The molecular formula is C8H16N4O2. The van der Waals surface area contributed by atoms with Gasteiger partial charge in [0.25, 0.3) is 0 Å². The minimum absolute atomic E-state index is 0.0400. The van der Waals surface area contributed by atoms with Crippen molar-refractivity contribution in [3.05, 3.63) is 0 Å². The maximum atomic E-state index is 11.4. The van der Waals surface area contributed by atoms with Gasteiger partial charge in [-0.3, -0.25) is 10.2 Å². The highest BCUT2D eigenvalue weighted by molar-refractivity contribution is 5.77. The predicted molar refractivity (Wildman–Crippen MR) is 51.2 cm³/mol. The molecule has 1 aliphatic heterocycles. The molecule has 0 radical (unpaired) electrons. The molecular weight excluding hydrogens is 184 g/mol. The maximum Gasteiger partial charge on any atom is 0.319 e. The number of rotatable bonds is 4. The third-order valence-corrected chi connectivity index (χ3v) is 2.30. The van der Waals surface area contributed by atoms with Crippen LogP contribution in [0.15, 0.2) is 0 Å². The average Bonchev–Trinajstić information content (AvgIpc) is 2.49. The van der Waals surface area contributed by atoms with Crippen molar-refractivity contribution in [2.45, 2.75) is 12.8 Å². The molecule has 0 spiro atoms. The van der Waals surface area contributed by atoms with Crippen molar-refractivity contribution in [3.63, 3.8) is 0 Å². The molecule has 1 rings (SSSR count). The number of hydrogen-bond donors (Lipinski definition) is 2. The molecule has 0 saturated carbocycles. The molecule has 6 heteroatoms. The van der Waals surface area contributed by atoms with Crippen molar-refractivity contribution in [2.24, 2.45) is 5.84 Å². The van der Waals surface area contributed by atoms with Crippen LogP contribution in [0.1, 0.15) is 12.8 Å². The molecule has 80 valence electrons. The Kier molecular flexibility index (Phi) is 3.70. The van der Waals surface area contributed by atoms with Gasteiger partial charge in [-0.25, -0.2) is 10.6 Å². The molecule has 1 aliphatic rings. The van der Waals surface area contributed by atoms with Crippen molar-refractivity contribution < 1.29 is 9.59 Å². The molecule has 0 aromatic carbocycles. The standard InChI is InChI=1S/C8H16N4O2/c1-11-5-6-12(8(11)14)4-2-3-7(13)10-9/h2-6,9H2,1H3,(H,10,13). The Hall–Kier alpha value is -1.30. The zero-order chi connectivity index (χ0) is 10.6. The second-order valence-corrected chi connectivity index (χ2v) is 3.36. The van der Waals surface area contributed by atoms with E-state index in [2.05, 4.69) is 5.43 Å². The van der Waals surface area contributed by atoms with Gasteiger partial charge in [-0.05, 0) is 6.42 Å². The number of carbonyl (C=O) groups is 2. The lowest BCUT2D eigenvalue weighted by Gasteiger charge is -2.15. The zero-order valence-electron chi connectivity index (χ0n) is 8.32. The third-order valence-electron chi connectivity index (χ3n) is 2.30. The van der Waals surface area contributed by atoms with Gasteiger partial charge >= 0.3 is 6.03 Å². The molecule has 6 nitrogen and oxygen atoms in total. The number of hydrogen-bond acceptors (Lipinski definition) is 3. The second kappa shape index (κ2) is 4.80. The largest absolute Gasteiger partial charge is 0.326 e. The van der Waals surface area contributed by atoms with Crippen LogP contribution < -0.4 is 11.3 Å². The molecule has 0 bridgehead atoms. The fraction of sp³-hybridized carbons (Fsp3) is 0.750. The van der Waals surface area contributed by atoms with Crippen LogP contribution in [0.2, 0.25) is 0 Å². The number of nitrogens with zero attached hydrogens (tertiary/aromatic N) is 2. The summed E-state index contributed by atoms with van der Waals surface area (Å²) in [4.78, 5) is 25.6. The summed E-state index contributed by atoms with van der Waals surface area (Å²) in [7, 11) is 1.77. The van der Waals surface area contributed by atoms with E-state index in [1.54, 1.807) is 16.8 Å². The molecule has 0 unspecified atom stereocenters. The molecule has 3 N–H and O–H groups in total. The van der Waals surface area contributed by atoms with Crippen molar-refractivity contribution in [3.8, 4) is 0 Å². The Morgan fingerprint density at radius 3 is 2.79 bits per heavy atom. The van der Waals surface area contributed by atoms with Gasteiger partial charge in [0, 0.05) is 33.1 Å². The quantitative estimate of drug-likeness (QED) is 0.351. The molecule has 0 aromatic heterocycles. The van der Waals surface area contributed by atoms with Crippen LogP contribution in [0.25, 0.3) is 0 Å². The molecule has 1 fully saturated rings. The van der Waals surface area contributed by atoms with Gasteiger partial charge in [0.05, 0.1) is 0 Å². The van der Waals surface area contributed by atoms with Gasteiger partial charge in [0.2, 0.25) is 5.91 Å². The number of carbonyl (C=O) groups excluding carboxylic acids is 2. The highest BCUT2D eigenvalue weighted by atomic mass is 16.2. The van der Waals surface area contributed by atoms with E-state index in [9.17, 15) is 9.59 Å². The molecule has 0 atom stereocenters. The zero-order valence-corrected chi connectivity index (χ0v) is 8.32. The lowest BCUT2D eigenvalue weighted by Crippen LogP contribution is -2.33. The number of likely N-dealkylation sites (N-methyl/N-ethyl adjacent to an activating group) is 1. The summed E-state index contributed by atoms with van der Waals surface area (Å²) < 4.78 is 0. The Labute approximate surface area is 83.0 Å². The van der Waals surface area contributed by atoms with Crippen LogP contribution in [-0.4, -0.2) is 48.4 Å². The fourth-order valence-electron chi connectivity index (χ4n) is 1.41. The van der Waals surface area contributed by atoms with Crippen molar-refractivity contribution >= 4 is 11.9 Å². The first-order valence-corrected chi connectivity index (χ1v) is 4.64. The van der Waals surface area contributed by atoms with Crippen LogP contribution in [0.4, 0.5) is 4.79 Å². The number of amides is 3. The topological polar surface area (TPSA) is 78.7 Å². The van der Waals surface area contributed by atoms with Gasteiger partial charge in [-0.1, -0.05) is 0 Å².